The molecule has 0 atom stereocenters. The van der Waals surface area contributed by atoms with Gasteiger partial charge in [0, 0.05) is 6.42 Å². The van der Waals surface area contributed by atoms with Gasteiger partial charge in [-0.15, -0.1) is 0 Å². The maximum Gasteiger partial charge on any atom is 0.307 e. The van der Waals surface area contributed by atoms with Gasteiger partial charge in [0.05, 0.1) is 13.5 Å². The summed E-state index contributed by atoms with van der Waals surface area (Å²) in [5.41, 5.74) is 2.97. The van der Waals surface area contributed by atoms with Crippen LogP contribution in [-0.4, -0.2) is 18.2 Å². The molecule has 0 spiro atoms. The number of hydrogen-bond donors (Lipinski definition) is 1. The standard InChI is InChI=1S/C16H16O3/c1-19-15-8-7-13(11-16(17)18)10-14(15)9-12-5-3-2-4-6-12/h2-8,10H,9,11H2,1H3,(H,17,18). The number of ether oxygens (including phenoxy) is 1. The van der Waals surface area contributed by atoms with E-state index in [1.807, 2.05) is 42.5 Å². The van der Waals surface area contributed by atoms with Crippen LogP contribution in [0.4, 0.5) is 0 Å². The van der Waals surface area contributed by atoms with Crippen LogP contribution < -0.4 is 4.74 Å². The molecule has 0 saturated heterocycles. The second-order valence-corrected chi connectivity index (χ2v) is 4.38. The Morgan fingerprint density at radius 1 is 1.11 bits per heavy atom. The van der Waals surface area contributed by atoms with E-state index >= 15 is 0 Å². The molecule has 2 rings (SSSR count). The minimum absolute atomic E-state index is 0.0335. The molecule has 0 unspecified atom stereocenters. The number of methoxy groups -OCH3 is 1. The molecule has 0 heterocycles. The van der Waals surface area contributed by atoms with Gasteiger partial charge in [0.1, 0.15) is 5.75 Å². The molecule has 3 nitrogen and oxygen atoms in total. The maximum atomic E-state index is 10.8. The van der Waals surface area contributed by atoms with Gasteiger partial charge >= 0.3 is 5.97 Å². The van der Waals surface area contributed by atoms with Crippen LogP contribution in [0.15, 0.2) is 48.5 Å². The molecule has 98 valence electrons. The molecule has 0 aliphatic rings. The van der Waals surface area contributed by atoms with Crippen molar-refractivity contribution in [3.05, 3.63) is 65.2 Å². The lowest BCUT2D eigenvalue weighted by molar-refractivity contribution is -0.136. The fourth-order valence-corrected chi connectivity index (χ4v) is 2.07. The van der Waals surface area contributed by atoms with Crippen molar-refractivity contribution >= 4 is 5.97 Å². The Balaban J connectivity index is 2.28. The summed E-state index contributed by atoms with van der Waals surface area (Å²) in [6.45, 7) is 0. The van der Waals surface area contributed by atoms with Gasteiger partial charge in [-0.3, -0.25) is 4.79 Å². The van der Waals surface area contributed by atoms with E-state index in [9.17, 15) is 4.79 Å². The maximum absolute atomic E-state index is 10.8. The Labute approximate surface area is 112 Å². The number of carboxylic acid groups (broad SMARTS) is 1. The van der Waals surface area contributed by atoms with Gasteiger partial charge in [-0.25, -0.2) is 0 Å². The van der Waals surface area contributed by atoms with Crippen molar-refractivity contribution in [1.29, 1.82) is 0 Å². The highest BCUT2D eigenvalue weighted by Gasteiger charge is 2.07. The number of carbonyl (C=O) groups is 1. The van der Waals surface area contributed by atoms with Gasteiger partial charge < -0.3 is 9.84 Å². The van der Waals surface area contributed by atoms with Crippen molar-refractivity contribution in [2.24, 2.45) is 0 Å². The van der Waals surface area contributed by atoms with E-state index in [2.05, 4.69) is 0 Å². The first kappa shape index (κ1) is 13.1. The average molecular weight is 256 g/mol. The van der Waals surface area contributed by atoms with E-state index < -0.39 is 5.97 Å². The van der Waals surface area contributed by atoms with Gasteiger partial charge in [0.25, 0.3) is 0 Å². The van der Waals surface area contributed by atoms with Crippen LogP contribution in [0.2, 0.25) is 0 Å². The van der Waals surface area contributed by atoms with Gasteiger partial charge in [-0.2, -0.15) is 0 Å². The Bertz CT molecular complexity index is 561. The van der Waals surface area contributed by atoms with Crippen LogP contribution in [-0.2, 0) is 17.6 Å². The molecular weight excluding hydrogens is 240 g/mol. The zero-order valence-corrected chi connectivity index (χ0v) is 10.8. The van der Waals surface area contributed by atoms with E-state index in [1.165, 1.54) is 5.56 Å². The third kappa shape index (κ3) is 3.58. The topological polar surface area (TPSA) is 46.5 Å². The van der Waals surface area contributed by atoms with E-state index in [1.54, 1.807) is 13.2 Å². The summed E-state index contributed by atoms with van der Waals surface area (Å²) in [4.78, 5) is 10.8. The summed E-state index contributed by atoms with van der Waals surface area (Å²) in [5, 5.41) is 8.84. The second kappa shape index (κ2) is 6.05. The fourth-order valence-electron chi connectivity index (χ4n) is 2.07. The minimum atomic E-state index is -0.823. The van der Waals surface area contributed by atoms with E-state index in [4.69, 9.17) is 9.84 Å². The molecule has 3 heteroatoms. The summed E-state index contributed by atoms with van der Waals surface area (Å²) in [6.07, 6.45) is 0.767. The summed E-state index contributed by atoms with van der Waals surface area (Å²) in [7, 11) is 1.63. The van der Waals surface area contributed by atoms with E-state index in [-0.39, 0.29) is 6.42 Å². The van der Waals surface area contributed by atoms with Crippen molar-refractivity contribution < 1.29 is 14.6 Å². The smallest absolute Gasteiger partial charge is 0.307 e. The molecular formula is C16H16O3. The number of hydrogen-bond acceptors (Lipinski definition) is 2. The lowest BCUT2D eigenvalue weighted by atomic mass is 10.0. The summed E-state index contributed by atoms with van der Waals surface area (Å²) < 4.78 is 5.33. The van der Waals surface area contributed by atoms with Gasteiger partial charge in [0.2, 0.25) is 0 Å². The molecule has 2 aromatic rings. The summed E-state index contributed by atoms with van der Waals surface area (Å²) >= 11 is 0. The zero-order valence-electron chi connectivity index (χ0n) is 10.8. The van der Waals surface area contributed by atoms with Crippen molar-refractivity contribution in [2.45, 2.75) is 12.8 Å². The third-order valence-electron chi connectivity index (χ3n) is 2.94. The van der Waals surface area contributed by atoms with Crippen molar-refractivity contribution in [1.82, 2.24) is 0 Å². The number of carboxylic acids is 1. The minimum Gasteiger partial charge on any atom is -0.496 e. The molecule has 19 heavy (non-hydrogen) atoms. The second-order valence-electron chi connectivity index (χ2n) is 4.38. The normalized spacial score (nSPS) is 10.2. The lowest BCUT2D eigenvalue weighted by Gasteiger charge is -2.10. The SMILES string of the molecule is COc1ccc(CC(=O)O)cc1Cc1ccccc1. The van der Waals surface area contributed by atoms with Crippen LogP contribution >= 0.6 is 0 Å². The highest BCUT2D eigenvalue weighted by atomic mass is 16.5. The molecule has 0 radical (unpaired) electrons. The summed E-state index contributed by atoms with van der Waals surface area (Å²) in [5.74, 6) is -0.0335. The first-order valence-corrected chi connectivity index (χ1v) is 6.10. The van der Waals surface area contributed by atoms with Gasteiger partial charge in [-0.05, 0) is 22.8 Å². The summed E-state index contributed by atoms with van der Waals surface area (Å²) in [6, 6.07) is 15.6. The average Bonchev–Trinajstić information content (AvgIpc) is 2.39. The number of benzene rings is 2. The van der Waals surface area contributed by atoms with E-state index in [0.717, 1.165) is 23.3 Å². The molecule has 2 aromatic carbocycles. The molecule has 0 aliphatic heterocycles. The number of rotatable bonds is 5. The highest BCUT2D eigenvalue weighted by Crippen LogP contribution is 2.23. The molecule has 1 N–H and O–H groups in total. The molecule has 0 fully saturated rings. The van der Waals surface area contributed by atoms with Crippen LogP contribution in [0.1, 0.15) is 16.7 Å². The van der Waals surface area contributed by atoms with Crippen molar-refractivity contribution in [3.63, 3.8) is 0 Å². The van der Waals surface area contributed by atoms with Gasteiger partial charge in [0.15, 0.2) is 0 Å². The molecule has 0 amide bonds. The van der Waals surface area contributed by atoms with Crippen LogP contribution in [0.3, 0.4) is 0 Å². The Kier molecular flexibility index (Phi) is 4.18. The van der Waals surface area contributed by atoms with Crippen LogP contribution in [0.5, 0.6) is 5.75 Å². The highest BCUT2D eigenvalue weighted by molar-refractivity contribution is 5.70. The van der Waals surface area contributed by atoms with Gasteiger partial charge in [-0.1, -0.05) is 42.5 Å². The Hall–Kier alpha value is -2.29. The lowest BCUT2D eigenvalue weighted by Crippen LogP contribution is -2.02. The van der Waals surface area contributed by atoms with E-state index in [0.29, 0.717) is 0 Å². The predicted molar refractivity (Wildman–Crippen MR) is 73.6 cm³/mol. The third-order valence-corrected chi connectivity index (χ3v) is 2.94. The first-order valence-electron chi connectivity index (χ1n) is 6.10. The van der Waals surface area contributed by atoms with Crippen molar-refractivity contribution in [2.75, 3.05) is 7.11 Å². The first-order chi connectivity index (χ1) is 9.19. The largest absolute Gasteiger partial charge is 0.496 e. The number of aliphatic carboxylic acids is 1. The van der Waals surface area contributed by atoms with Crippen molar-refractivity contribution in [3.8, 4) is 5.75 Å². The van der Waals surface area contributed by atoms with Crippen LogP contribution in [0.25, 0.3) is 0 Å². The fraction of sp³-hybridized carbons (Fsp3) is 0.188. The van der Waals surface area contributed by atoms with Crippen LogP contribution in [0, 0.1) is 0 Å². The molecule has 0 aliphatic carbocycles. The zero-order chi connectivity index (χ0) is 13.7. The molecule has 0 bridgehead atoms. The predicted octanol–water partition coefficient (Wildman–Crippen LogP) is 2.91. The monoisotopic (exact) mass is 256 g/mol. The Morgan fingerprint density at radius 3 is 2.47 bits per heavy atom. The molecule has 0 aromatic heterocycles. The molecule has 0 saturated carbocycles. The quantitative estimate of drug-likeness (QED) is 0.894. The Morgan fingerprint density at radius 2 is 1.84 bits per heavy atom.